The Hall–Kier alpha value is -0.380. The van der Waals surface area contributed by atoms with Crippen LogP contribution < -0.4 is 5.32 Å². The monoisotopic (exact) mass is 353 g/mol. The number of ether oxygens (including phenoxy) is 1. The maximum absolute atomic E-state index is 6.43. The molecule has 1 fully saturated rings. The number of nitrogens with one attached hydrogen (secondary N) is 1. The highest BCUT2D eigenvalue weighted by Gasteiger charge is 2.23. The first-order valence-electron chi connectivity index (χ1n) is 8.30. The summed E-state index contributed by atoms with van der Waals surface area (Å²) in [5, 5.41) is 3.51. The number of halogens is 1. The van der Waals surface area contributed by atoms with E-state index in [1.807, 2.05) is 0 Å². The average Bonchev–Trinajstić information content (AvgIpc) is 2.49. The minimum Gasteiger partial charge on any atom is -0.369 e. The van der Waals surface area contributed by atoms with Gasteiger partial charge < -0.3 is 10.1 Å². The van der Waals surface area contributed by atoms with Gasteiger partial charge in [-0.15, -0.1) is 0 Å². The predicted molar refractivity (Wildman–Crippen MR) is 92.5 cm³/mol. The van der Waals surface area contributed by atoms with Crippen molar-refractivity contribution in [3.05, 3.63) is 34.3 Å². The van der Waals surface area contributed by atoms with Crippen LogP contribution in [-0.2, 0) is 4.74 Å². The summed E-state index contributed by atoms with van der Waals surface area (Å²) >= 11 is 3.51. The molecule has 1 unspecified atom stereocenters. The lowest BCUT2D eigenvalue weighted by molar-refractivity contribution is -0.0362. The molecule has 0 heterocycles. The van der Waals surface area contributed by atoms with E-state index in [0.717, 1.165) is 29.9 Å². The smallest absolute Gasteiger partial charge is 0.0952 e. The molecule has 0 spiro atoms. The van der Waals surface area contributed by atoms with Crippen molar-refractivity contribution < 1.29 is 4.74 Å². The van der Waals surface area contributed by atoms with Crippen molar-refractivity contribution in [2.45, 2.75) is 58.2 Å². The van der Waals surface area contributed by atoms with Gasteiger partial charge in [0.15, 0.2) is 0 Å². The SMILES string of the molecule is CCCNCC(OC1CCC(C)CC1)c1ccc(Br)cc1. The third kappa shape index (κ3) is 5.72. The number of rotatable bonds is 7. The second kappa shape index (κ2) is 8.92. The Balaban J connectivity index is 1.96. The summed E-state index contributed by atoms with van der Waals surface area (Å²) in [7, 11) is 0. The number of hydrogen-bond donors (Lipinski definition) is 1. The van der Waals surface area contributed by atoms with E-state index in [2.05, 4.69) is 59.4 Å². The lowest BCUT2D eigenvalue weighted by Crippen LogP contribution is -2.29. The van der Waals surface area contributed by atoms with Crippen molar-refractivity contribution in [1.29, 1.82) is 0 Å². The zero-order valence-electron chi connectivity index (χ0n) is 13.3. The molecule has 1 atom stereocenters. The third-order valence-electron chi connectivity index (χ3n) is 4.32. The lowest BCUT2D eigenvalue weighted by Gasteiger charge is -2.30. The summed E-state index contributed by atoms with van der Waals surface area (Å²) in [5.74, 6) is 0.870. The Morgan fingerprint density at radius 3 is 2.48 bits per heavy atom. The maximum Gasteiger partial charge on any atom is 0.0952 e. The number of benzene rings is 1. The van der Waals surface area contributed by atoms with Crippen LogP contribution in [0.4, 0.5) is 0 Å². The fourth-order valence-electron chi connectivity index (χ4n) is 2.93. The van der Waals surface area contributed by atoms with Crippen LogP contribution in [0.2, 0.25) is 0 Å². The molecule has 2 nitrogen and oxygen atoms in total. The van der Waals surface area contributed by atoms with Crippen LogP contribution in [-0.4, -0.2) is 19.2 Å². The quantitative estimate of drug-likeness (QED) is 0.689. The Morgan fingerprint density at radius 2 is 1.86 bits per heavy atom. The lowest BCUT2D eigenvalue weighted by atomic mass is 9.89. The van der Waals surface area contributed by atoms with E-state index in [1.54, 1.807) is 0 Å². The highest BCUT2D eigenvalue weighted by Crippen LogP contribution is 2.30. The van der Waals surface area contributed by atoms with Gasteiger partial charge in [0, 0.05) is 11.0 Å². The van der Waals surface area contributed by atoms with Gasteiger partial charge in [0.2, 0.25) is 0 Å². The van der Waals surface area contributed by atoms with Gasteiger partial charge in [0.1, 0.15) is 0 Å². The molecule has 0 amide bonds. The molecule has 2 rings (SSSR count). The van der Waals surface area contributed by atoms with Gasteiger partial charge in [-0.2, -0.15) is 0 Å². The highest BCUT2D eigenvalue weighted by atomic mass is 79.9. The van der Waals surface area contributed by atoms with E-state index in [1.165, 1.54) is 31.2 Å². The first-order valence-corrected chi connectivity index (χ1v) is 9.10. The molecule has 1 N–H and O–H groups in total. The fourth-order valence-corrected chi connectivity index (χ4v) is 3.19. The van der Waals surface area contributed by atoms with Gasteiger partial charge in [-0.05, 0) is 62.3 Å². The van der Waals surface area contributed by atoms with Crippen LogP contribution in [0.3, 0.4) is 0 Å². The molecule has 1 aliphatic rings. The Labute approximate surface area is 137 Å². The van der Waals surface area contributed by atoms with E-state index in [-0.39, 0.29) is 6.10 Å². The predicted octanol–water partition coefficient (Wildman–Crippen LogP) is 5.09. The second-order valence-electron chi connectivity index (χ2n) is 6.26. The highest BCUT2D eigenvalue weighted by molar-refractivity contribution is 9.10. The van der Waals surface area contributed by atoms with Gasteiger partial charge in [0.25, 0.3) is 0 Å². The third-order valence-corrected chi connectivity index (χ3v) is 4.85. The summed E-state index contributed by atoms with van der Waals surface area (Å²) in [5.41, 5.74) is 1.28. The molecule has 0 bridgehead atoms. The Kier molecular flexibility index (Phi) is 7.21. The van der Waals surface area contributed by atoms with E-state index in [0.29, 0.717) is 6.10 Å². The van der Waals surface area contributed by atoms with E-state index in [9.17, 15) is 0 Å². The first kappa shape index (κ1) is 17.0. The van der Waals surface area contributed by atoms with Gasteiger partial charge in [0.05, 0.1) is 12.2 Å². The van der Waals surface area contributed by atoms with Crippen molar-refractivity contribution in [3.63, 3.8) is 0 Å². The molecule has 1 aromatic rings. The molecule has 1 saturated carbocycles. The molecule has 0 aliphatic heterocycles. The summed E-state index contributed by atoms with van der Waals surface area (Å²) in [6.45, 7) is 6.51. The second-order valence-corrected chi connectivity index (χ2v) is 7.18. The molecule has 21 heavy (non-hydrogen) atoms. The minimum atomic E-state index is 0.169. The van der Waals surface area contributed by atoms with Crippen LogP contribution >= 0.6 is 15.9 Å². The topological polar surface area (TPSA) is 21.3 Å². The Bertz CT molecular complexity index is 398. The Morgan fingerprint density at radius 1 is 1.19 bits per heavy atom. The van der Waals surface area contributed by atoms with Crippen molar-refractivity contribution >= 4 is 15.9 Å². The van der Waals surface area contributed by atoms with Crippen molar-refractivity contribution in [3.8, 4) is 0 Å². The van der Waals surface area contributed by atoms with Crippen molar-refractivity contribution in [2.75, 3.05) is 13.1 Å². The molecule has 0 radical (unpaired) electrons. The average molecular weight is 354 g/mol. The normalized spacial score (nSPS) is 24.0. The molecule has 0 aromatic heterocycles. The molecular weight excluding hydrogens is 326 g/mol. The van der Waals surface area contributed by atoms with Gasteiger partial charge in [-0.3, -0.25) is 0 Å². The van der Waals surface area contributed by atoms with Crippen LogP contribution in [0, 0.1) is 5.92 Å². The van der Waals surface area contributed by atoms with Crippen LogP contribution in [0.15, 0.2) is 28.7 Å². The summed E-state index contributed by atoms with van der Waals surface area (Å²) in [4.78, 5) is 0. The summed E-state index contributed by atoms with van der Waals surface area (Å²) in [6.07, 6.45) is 6.79. The summed E-state index contributed by atoms with van der Waals surface area (Å²) in [6, 6.07) is 8.56. The number of hydrogen-bond acceptors (Lipinski definition) is 2. The van der Waals surface area contributed by atoms with E-state index >= 15 is 0 Å². The van der Waals surface area contributed by atoms with Crippen LogP contribution in [0.5, 0.6) is 0 Å². The van der Waals surface area contributed by atoms with Gasteiger partial charge in [-0.1, -0.05) is 41.9 Å². The largest absolute Gasteiger partial charge is 0.369 e. The minimum absolute atomic E-state index is 0.169. The first-order chi connectivity index (χ1) is 10.2. The van der Waals surface area contributed by atoms with Gasteiger partial charge >= 0.3 is 0 Å². The zero-order valence-corrected chi connectivity index (χ0v) is 14.9. The molecule has 1 aliphatic carbocycles. The van der Waals surface area contributed by atoms with E-state index in [4.69, 9.17) is 4.74 Å². The van der Waals surface area contributed by atoms with Gasteiger partial charge in [-0.25, -0.2) is 0 Å². The van der Waals surface area contributed by atoms with Crippen LogP contribution in [0.25, 0.3) is 0 Å². The molecule has 3 heteroatoms. The zero-order chi connectivity index (χ0) is 15.1. The standard InChI is InChI=1S/C18H28BrNO/c1-3-12-20-13-18(15-6-8-16(19)9-7-15)21-17-10-4-14(2)5-11-17/h6-9,14,17-18,20H,3-5,10-13H2,1-2H3. The fraction of sp³-hybridized carbons (Fsp3) is 0.667. The van der Waals surface area contributed by atoms with Crippen molar-refractivity contribution in [1.82, 2.24) is 5.32 Å². The van der Waals surface area contributed by atoms with Crippen molar-refractivity contribution in [2.24, 2.45) is 5.92 Å². The van der Waals surface area contributed by atoms with E-state index < -0.39 is 0 Å². The molecular formula is C18H28BrNO. The molecule has 1 aromatic carbocycles. The molecule has 118 valence electrons. The molecule has 0 saturated heterocycles. The maximum atomic E-state index is 6.43. The van der Waals surface area contributed by atoms with Crippen LogP contribution in [0.1, 0.15) is 57.6 Å². The summed E-state index contributed by atoms with van der Waals surface area (Å²) < 4.78 is 7.56.